The molecule has 9 nitrogen and oxygen atoms in total. The predicted octanol–water partition coefficient (Wildman–Crippen LogP) is 1.23. The molecule has 0 aromatic heterocycles. The van der Waals surface area contributed by atoms with Crippen LogP contribution in [0.4, 0.5) is 0 Å². The van der Waals surface area contributed by atoms with E-state index >= 15 is 0 Å². The zero-order chi connectivity index (χ0) is 22.4. The summed E-state index contributed by atoms with van der Waals surface area (Å²) in [5, 5.41) is 9.35. The largest absolute Gasteiger partial charge is 0.497 e. The Bertz CT molecular complexity index is 881. The quantitative estimate of drug-likeness (QED) is 0.514. The van der Waals surface area contributed by atoms with Gasteiger partial charge in [-0.25, -0.2) is 8.42 Å². The van der Waals surface area contributed by atoms with Crippen molar-refractivity contribution in [3.63, 3.8) is 0 Å². The summed E-state index contributed by atoms with van der Waals surface area (Å²) < 4.78 is 43.5. The average Bonchev–Trinajstić information content (AvgIpc) is 2.71. The fourth-order valence-corrected chi connectivity index (χ4v) is 5.21. The van der Waals surface area contributed by atoms with Crippen molar-refractivity contribution in [1.29, 1.82) is 0 Å². The Balaban J connectivity index is 1.62. The molecule has 1 amide bonds. The third-order valence-corrected chi connectivity index (χ3v) is 7.69. The molecule has 1 aromatic carbocycles. The molecule has 3 rings (SSSR count). The van der Waals surface area contributed by atoms with Gasteiger partial charge in [-0.1, -0.05) is 6.42 Å². The molecule has 2 atom stereocenters. The Morgan fingerprint density at radius 1 is 1.26 bits per heavy atom. The minimum absolute atomic E-state index is 0.0263. The number of aliphatic hydroxyl groups excluding tert-OH is 1. The second-order valence-electron chi connectivity index (χ2n) is 7.71. The van der Waals surface area contributed by atoms with Crippen molar-refractivity contribution in [2.75, 3.05) is 33.4 Å². The summed E-state index contributed by atoms with van der Waals surface area (Å²) in [5.74, 6) is 0.662. The number of ether oxygens (including phenoxy) is 3. The van der Waals surface area contributed by atoms with Gasteiger partial charge in [-0.3, -0.25) is 4.79 Å². The number of hydrogen-bond donors (Lipinski definition) is 2. The number of rotatable bonds is 11. The van der Waals surface area contributed by atoms with Gasteiger partial charge in [0.1, 0.15) is 5.75 Å². The lowest BCUT2D eigenvalue weighted by atomic mass is 9.73. The molecule has 3 N–H and O–H groups in total. The molecule has 0 spiro atoms. The molecule has 0 bridgehead atoms. The Hall–Kier alpha value is -2.14. The molecule has 1 aliphatic carbocycles. The van der Waals surface area contributed by atoms with Crippen molar-refractivity contribution < 1.29 is 32.5 Å². The van der Waals surface area contributed by atoms with Gasteiger partial charge in [-0.05, 0) is 55.0 Å². The lowest BCUT2D eigenvalue weighted by Gasteiger charge is -2.37. The van der Waals surface area contributed by atoms with E-state index in [4.69, 9.17) is 19.9 Å². The highest BCUT2D eigenvalue weighted by molar-refractivity contribution is 7.89. The van der Waals surface area contributed by atoms with E-state index in [-0.39, 0.29) is 42.9 Å². The summed E-state index contributed by atoms with van der Waals surface area (Å²) in [6.45, 7) is -0.323. The van der Waals surface area contributed by atoms with E-state index in [0.717, 1.165) is 17.1 Å². The highest BCUT2D eigenvalue weighted by Gasteiger charge is 2.34. The summed E-state index contributed by atoms with van der Waals surface area (Å²) in [5.41, 5.74) is 5.40. The summed E-state index contributed by atoms with van der Waals surface area (Å²) in [7, 11) is -2.32. The van der Waals surface area contributed by atoms with Crippen LogP contribution in [0, 0.1) is 11.8 Å². The minimum atomic E-state index is -3.82. The Morgan fingerprint density at radius 3 is 2.52 bits per heavy atom. The van der Waals surface area contributed by atoms with E-state index in [0.29, 0.717) is 18.1 Å². The molecule has 172 valence electrons. The van der Waals surface area contributed by atoms with Gasteiger partial charge in [-0.15, -0.1) is 0 Å². The van der Waals surface area contributed by atoms with Crippen molar-refractivity contribution >= 4 is 15.9 Å². The number of amides is 1. The van der Waals surface area contributed by atoms with Crippen molar-refractivity contribution in [3.05, 3.63) is 36.1 Å². The van der Waals surface area contributed by atoms with Gasteiger partial charge in [0.05, 0.1) is 25.2 Å². The Kier molecular flexibility index (Phi) is 7.93. The lowest BCUT2D eigenvalue weighted by Crippen LogP contribution is -2.38. The molecule has 0 radical (unpaired) electrons. The average molecular weight is 455 g/mol. The number of carbonyl (C=O) groups is 1. The van der Waals surface area contributed by atoms with Crippen LogP contribution in [0.1, 0.15) is 25.7 Å². The van der Waals surface area contributed by atoms with Gasteiger partial charge in [0.15, 0.2) is 5.76 Å². The fourth-order valence-electron chi connectivity index (χ4n) is 3.80. The van der Waals surface area contributed by atoms with Crippen LogP contribution < -0.4 is 10.5 Å². The maximum atomic E-state index is 13.0. The van der Waals surface area contributed by atoms with Crippen molar-refractivity contribution in [2.45, 2.75) is 36.9 Å². The van der Waals surface area contributed by atoms with E-state index in [1.807, 2.05) is 0 Å². The van der Waals surface area contributed by atoms with Gasteiger partial charge in [0, 0.05) is 19.5 Å². The second-order valence-corrected chi connectivity index (χ2v) is 9.65. The standard InChI is InChI=1S/C21H30N2O7S/c1-28-17-5-7-18(8-6-17)31(26,27)23(9-11-24)10-12-29-20-14-16(15-3-2-4-15)13-19(30-20)21(22)25/h5-8,13,15-16,20,24H,2-4,9-12,14H2,1H3,(H2,22,25)/t16-,20+/m0/s1. The number of nitrogens with two attached hydrogens (primary N) is 1. The van der Waals surface area contributed by atoms with E-state index in [9.17, 15) is 18.3 Å². The van der Waals surface area contributed by atoms with Crippen LogP contribution in [0.15, 0.2) is 41.0 Å². The molecular formula is C21H30N2O7S. The Morgan fingerprint density at radius 2 is 1.97 bits per heavy atom. The molecular weight excluding hydrogens is 424 g/mol. The van der Waals surface area contributed by atoms with Crippen LogP contribution >= 0.6 is 0 Å². The SMILES string of the molecule is COc1ccc(S(=O)(=O)N(CCO)CCO[C@H]2C[C@@H](C3CCC3)C=C(C(N)=O)O2)cc1. The zero-order valence-electron chi connectivity index (χ0n) is 17.6. The maximum Gasteiger partial charge on any atom is 0.283 e. The number of benzene rings is 1. The van der Waals surface area contributed by atoms with Crippen LogP contribution in [-0.4, -0.2) is 63.4 Å². The maximum absolute atomic E-state index is 13.0. The highest BCUT2D eigenvalue weighted by Crippen LogP contribution is 2.39. The minimum Gasteiger partial charge on any atom is -0.497 e. The van der Waals surface area contributed by atoms with Crippen molar-refractivity contribution in [2.24, 2.45) is 17.6 Å². The van der Waals surface area contributed by atoms with Crippen LogP contribution in [0.5, 0.6) is 5.75 Å². The molecule has 1 heterocycles. The zero-order valence-corrected chi connectivity index (χ0v) is 18.4. The van der Waals surface area contributed by atoms with Crippen LogP contribution in [-0.2, 0) is 24.3 Å². The molecule has 0 saturated heterocycles. The van der Waals surface area contributed by atoms with Gasteiger partial charge >= 0.3 is 0 Å². The number of allylic oxidation sites excluding steroid dienone is 1. The first-order valence-corrected chi connectivity index (χ1v) is 11.8. The first kappa shape index (κ1) is 23.5. The van der Waals surface area contributed by atoms with E-state index in [2.05, 4.69) is 0 Å². The molecule has 31 heavy (non-hydrogen) atoms. The van der Waals surface area contributed by atoms with Crippen molar-refractivity contribution in [1.82, 2.24) is 4.31 Å². The normalized spacial score (nSPS) is 21.8. The van der Waals surface area contributed by atoms with Gasteiger partial charge in [0.2, 0.25) is 16.3 Å². The molecule has 10 heteroatoms. The Labute approximate surface area is 182 Å². The first-order chi connectivity index (χ1) is 14.8. The number of hydrogen-bond acceptors (Lipinski definition) is 7. The topological polar surface area (TPSA) is 128 Å². The smallest absolute Gasteiger partial charge is 0.283 e. The van der Waals surface area contributed by atoms with Crippen LogP contribution in [0.2, 0.25) is 0 Å². The number of primary amides is 1. The van der Waals surface area contributed by atoms with Gasteiger partial charge in [-0.2, -0.15) is 4.31 Å². The molecule has 1 aliphatic heterocycles. The first-order valence-electron chi connectivity index (χ1n) is 10.4. The van der Waals surface area contributed by atoms with Crippen LogP contribution in [0.25, 0.3) is 0 Å². The van der Waals surface area contributed by atoms with Crippen LogP contribution in [0.3, 0.4) is 0 Å². The number of methoxy groups -OCH3 is 1. The third kappa shape index (κ3) is 5.76. The number of sulfonamides is 1. The molecule has 1 fully saturated rings. The second kappa shape index (κ2) is 10.4. The van der Waals surface area contributed by atoms with Gasteiger partial charge in [0.25, 0.3) is 5.91 Å². The van der Waals surface area contributed by atoms with Crippen molar-refractivity contribution in [3.8, 4) is 5.75 Å². The number of carbonyl (C=O) groups excluding carboxylic acids is 1. The summed E-state index contributed by atoms with van der Waals surface area (Å²) in [4.78, 5) is 11.7. The number of nitrogens with zero attached hydrogens (tertiary/aromatic N) is 1. The van der Waals surface area contributed by atoms with E-state index in [1.54, 1.807) is 18.2 Å². The van der Waals surface area contributed by atoms with E-state index in [1.165, 1.54) is 25.7 Å². The van der Waals surface area contributed by atoms with E-state index < -0.39 is 22.2 Å². The molecule has 1 saturated carbocycles. The van der Waals surface area contributed by atoms with Gasteiger partial charge < -0.3 is 25.1 Å². The summed E-state index contributed by atoms with van der Waals surface area (Å²) in [6.07, 6.45) is 5.09. The molecule has 2 aliphatic rings. The summed E-state index contributed by atoms with van der Waals surface area (Å²) >= 11 is 0. The summed E-state index contributed by atoms with van der Waals surface area (Å²) in [6, 6.07) is 6.04. The highest BCUT2D eigenvalue weighted by atomic mass is 32.2. The predicted molar refractivity (Wildman–Crippen MR) is 112 cm³/mol. The number of aliphatic hydroxyl groups is 1. The lowest BCUT2D eigenvalue weighted by molar-refractivity contribution is -0.150. The fraction of sp³-hybridized carbons (Fsp3) is 0.571. The monoisotopic (exact) mass is 454 g/mol. The molecule has 1 aromatic rings. The molecule has 0 unspecified atom stereocenters. The third-order valence-electron chi connectivity index (χ3n) is 5.78.